The summed E-state index contributed by atoms with van der Waals surface area (Å²) in [6.45, 7) is 2.49. The number of carbonyl (C=O) groups is 2. The van der Waals surface area contributed by atoms with Crippen LogP contribution in [-0.2, 0) is 4.79 Å². The summed E-state index contributed by atoms with van der Waals surface area (Å²) in [5.41, 5.74) is 5.83. The number of nitrogens with one attached hydrogen (secondary N) is 2. The zero-order valence-electron chi connectivity index (χ0n) is 9.66. The van der Waals surface area contributed by atoms with Gasteiger partial charge in [0.15, 0.2) is 0 Å². The van der Waals surface area contributed by atoms with Crippen LogP contribution in [0.1, 0.15) is 19.3 Å². The smallest absolute Gasteiger partial charge is 0.321 e. The quantitative estimate of drug-likeness (QED) is 0.593. The van der Waals surface area contributed by atoms with Crippen LogP contribution in [0.2, 0.25) is 0 Å². The molecule has 0 spiro atoms. The molecule has 1 saturated heterocycles. The Kier molecular flexibility index (Phi) is 5.21. The number of hydrogen-bond donors (Lipinski definition) is 3. The molecule has 1 aliphatic heterocycles. The Morgan fingerprint density at radius 3 is 2.88 bits per heavy atom. The molecule has 6 heteroatoms. The molecule has 1 fully saturated rings. The number of carbonyl (C=O) groups excluding carboxylic acids is 2. The largest absolute Gasteiger partial charge is 0.341 e. The van der Waals surface area contributed by atoms with Crippen LogP contribution < -0.4 is 16.4 Å². The van der Waals surface area contributed by atoms with Crippen molar-refractivity contribution in [2.75, 3.05) is 26.7 Å². The van der Waals surface area contributed by atoms with Crippen molar-refractivity contribution >= 4 is 11.9 Å². The SMILES string of the molecule is CNC(=O)NC(=O)CCN1CCCC(N)C1. The van der Waals surface area contributed by atoms with E-state index in [2.05, 4.69) is 15.5 Å². The van der Waals surface area contributed by atoms with Crippen molar-refractivity contribution in [1.29, 1.82) is 0 Å². The van der Waals surface area contributed by atoms with Crippen LogP contribution >= 0.6 is 0 Å². The van der Waals surface area contributed by atoms with E-state index in [1.54, 1.807) is 0 Å². The molecule has 1 heterocycles. The summed E-state index contributed by atoms with van der Waals surface area (Å²) in [5.74, 6) is -0.251. The van der Waals surface area contributed by atoms with Gasteiger partial charge in [0.05, 0.1) is 0 Å². The van der Waals surface area contributed by atoms with Gasteiger partial charge in [-0.2, -0.15) is 0 Å². The molecule has 1 atom stereocenters. The Morgan fingerprint density at radius 1 is 1.50 bits per heavy atom. The van der Waals surface area contributed by atoms with Crippen LogP contribution in [0.3, 0.4) is 0 Å². The highest BCUT2D eigenvalue weighted by atomic mass is 16.2. The van der Waals surface area contributed by atoms with Gasteiger partial charge in [0.25, 0.3) is 0 Å². The van der Waals surface area contributed by atoms with Gasteiger partial charge in [0.1, 0.15) is 0 Å². The van der Waals surface area contributed by atoms with Gasteiger partial charge < -0.3 is 16.0 Å². The molecule has 0 aromatic heterocycles. The second-order valence-electron chi connectivity index (χ2n) is 4.08. The first-order valence-corrected chi connectivity index (χ1v) is 5.61. The zero-order chi connectivity index (χ0) is 12.0. The number of piperidine rings is 1. The van der Waals surface area contributed by atoms with Gasteiger partial charge in [-0.1, -0.05) is 0 Å². The van der Waals surface area contributed by atoms with Gasteiger partial charge >= 0.3 is 6.03 Å². The molecule has 92 valence electrons. The van der Waals surface area contributed by atoms with Gasteiger partial charge in [-0.25, -0.2) is 4.79 Å². The zero-order valence-corrected chi connectivity index (χ0v) is 9.66. The molecule has 6 nitrogen and oxygen atoms in total. The summed E-state index contributed by atoms with van der Waals surface area (Å²) in [6, 6.07) is -0.240. The van der Waals surface area contributed by atoms with Crippen molar-refractivity contribution in [3.63, 3.8) is 0 Å². The van der Waals surface area contributed by atoms with E-state index in [9.17, 15) is 9.59 Å². The fourth-order valence-corrected chi connectivity index (χ4v) is 1.81. The third-order valence-electron chi connectivity index (χ3n) is 2.68. The van der Waals surface area contributed by atoms with Gasteiger partial charge in [0, 0.05) is 32.6 Å². The number of rotatable bonds is 3. The van der Waals surface area contributed by atoms with Gasteiger partial charge in [-0.15, -0.1) is 0 Å². The van der Waals surface area contributed by atoms with Gasteiger partial charge in [0.2, 0.25) is 5.91 Å². The first kappa shape index (κ1) is 12.9. The van der Waals surface area contributed by atoms with E-state index in [1.807, 2.05) is 0 Å². The molecule has 0 aromatic carbocycles. The molecule has 4 N–H and O–H groups in total. The highest BCUT2D eigenvalue weighted by Crippen LogP contribution is 2.08. The van der Waals surface area contributed by atoms with Crippen LogP contribution in [0, 0.1) is 0 Å². The number of nitrogens with two attached hydrogens (primary N) is 1. The van der Waals surface area contributed by atoms with Gasteiger partial charge in [-0.3, -0.25) is 10.1 Å². The molecular formula is C10H20N4O2. The molecule has 1 aliphatic rings. The van der Waals surface area contributed by atoms with E-state index in [0.717, 1.165) is 25.9 Å². The van der Waals surface area contributed by atoms with Crippen LogP contribution in [-0.4, -0.2) is 49.6 Å². The third kappa shape index (κ3) is 4.59. The number of likely N-dealkylation sites (tertiary alicyclic amines) is 1. The van der Waals surface area contributed by atoms with E-state index in [1.165, 1.54) is 7.05 Å². The van der Waals surface area contributed by atoms with E-state index < -0.39 is 6.03 Å². The maximum atomic E-state index is 11.3. The summed E-state index contributed by atoms with van der Waals surface area (Å²) in [6.07, 6.45) is 2.47. The minimum atomic E-state index is -0.458. The lowest BCUT2D eigenvalue weighted by molar-refractivity contribution is -0.120. The Hall–Kier alpha value is -1.14. The van der Waals surface area contributed by atoms with Crippen molar-refractivity contribution in [2.24, 2.45) is 5.73 Å². The predicted octanol–water partition coefficient (Wildman–Crippen LogP) is -0.745. The standard InChI is InChI=1S/C10H20N4O2/c1-12-10(16)13-9(15)4-6-14-5-2-3-8(11)7-14/h8H,2-7,11H2,1H3,(H2,12,13,15,16). The van der Waals surface area contributed by atoms with E-state index in [-0.39, 0.29) is 11.9 Å². The Bertz CT molecular complexity index is 257. The van der Waals surface area contributed by atoms with E-state index in [0.29, 0.717) is 13.0 Å². The molecule has 0 bridgehead atoms. The second kappa shape index (κ2) is 6.44. The van der Waals surface area contributed by atoms with Crippen molar-refractivity contribution < 1.29 is 9.59 Å². The topological polar surface area (TPSA) is 87.5 Å². The highest BCUT2D eigenvalue weighted by Gasteiger charge is 2.17. The molecule has 1 rings (SSSR count). The summed E-state index contributed by atoms with van der Waals surface area (Å²) >= 11 is 0. The Morgan fingerprint density at radius 2 is 2.25 bits per heavy atom. The number of nitrogens with zero attached hydrogens (tertiary/aromatic N) is 1. The molecule has 0 aliphatic carbocycles. The lowest BCUT2D eigenvalue weighted by Gasteiger charge is -2.30. The first-order chi connectivity index (χ1) is 7.61. The minimum Gasteiger partial charge on any atom is -0.341 e. The number of imide groups is 1. The van der Waals surface area contributed by atoms with Crippen LogP contribution in [0.25, 0.3) is 0 Å². The summed E-state index contributed by atoms with van der Waals surface area (Å²) in [4.78, 5) is 24.3. The molecule has 0 saturated carbocycles. The molecule has 16 heavy (non-hydrogen) atoms. The third-order valence-corrected chi connectivity index (χ3v) is 2.68. The monoisotopic (exact) mass is 228 g/mol. The van der Waals surface area contributed by atoms with Crippen LogP contribution in [0.5, 0.6) is 0 Å². The Balaban J connectivity index is 2.18. The first-order valence-electron chi connectivity index (χ1n) is 5.61. The van der Waals surface area contributed by atoms with Crippen molar-refractivity contribution in [3.8, 4) is 0 Å². The van der Waals surface area contributed by atoms with Crippen molar-refractivity contribution in [3.05, 3.63) is 0 Å². The maximum Gasteiger partial charge on any atom is 0.321 e. The summed E-state index contributed by atoms with van der Waals surface area (Å²) in [7, 11) is 1.48. The number of amides is 3. The lowest BCUT2D eigenvalue weighted by atomic mass is 10.1. The van der Waals surface area contributed by atoms with Crippen molar-refractivity contribution in [1.82, 2.24) is 15.5 Å². The molecule has 3 amide bonds. The van der Waals surface area contributed by atoms with Crippen LogP contribution in [0.4, 0.5) is 4.79 Å². The molecular weight excluding hydrogens is 208 g/mol. The molecule has 0 aromatic rings. The van der Waals surface area contributed by atoms with E-state index in [4.69, 9.17) is 5.73 Å². The maximum absolute atomic E-state index is 11.3. The minimum absolute atomic E-state index is 0.218. The highest BCUT2D eigenvalue weighted by molar-refractivity contribution is 5.94. The van der Waals surface area contributed by atoms with Crippen LogP contribution in [0.15, 0.2) is 0 Å². The fraction of sp³-hybridized carbons (Fsp3) is 0.800. The Labute approximate surface area is 95.5 Å². The second-order valence-corrected chi connectivity index (χ2v) is 4.08. The van der Waals surface area contributed by atoms with Gasteiger partial charge in [-0.05, 0) is 19.4 Å². The fourth-order valence-electron chi connectivity index (χ4n) is 1.81. The number of hydrogen-bond acceptors (Lipinski definition) is 4. The normalized spacial score (nSPS) is 21.5. The molecule has 1 unspecified atom stereocenters. The molecule has 0 radical (unpaired) electrons. The predicted molar refractivity (Wildman–Crippen MR) is 60.9 cm³/mol. The van der Waals surface area contributed by atoms with E-state index >= 15 is 0 Å². The average molecular weight is 228 g/mol. The number of urea groups is 1. The van der Waals surface area contributed by atoms with Crippen molar-refractivity contribution in [2.45, 2.75) is 25.3 Å². The average Bonchev–Trinajstić information content (AvgIpc) is 2.26. The summed E-state index contributed by atoms with van der Waals surface area (Å²) < 4.78 is 0. The summed E-state index contributed by atoms with van der Waals surface area (Å²) in [5, 5.41) is 4.57. The lowest BCUT2D eigenvalue weighted by Crippen LogP contribution is -2.44.